The topological polar surface area (TPSA) is 21.3 Å². The van der Waals surface area contributed by atoms with Crippen LogP contribution in [0, 0.1) is 5.82 Å². The minimum absolute atomic E-state index is 0.129. The van der Waals surface area contributed by atoms with Gasteiger partial charge in [0.25, 0.3) is 0 Å². The summed E-state index contributed by atoms with van der Waals surface area (Å²) in [6.07, 6.45) is 1.08. The molecule has 0 radical (unpaired) electrons. The monoisotopic (exact) mass is 271 g/mol. The second kappa shape index (κ2) is 6.06. The molecule has 1 saturated heterocycles. The zero-order valence-electron chi connectivity index (χ0n) is 11.3. The molecule has 0 saturated carbocycles. The van der Waals surface area contributed by atoms with Gasteiger partial charge in [-0.3, -0.25) is 0 Å². The fraction of sp³-hybridized carbons (Fsp3) is 0.294. The number of halogens is 1. The Balaban J connectivity index is 1.77. The molecule has 1 aliphatic heterocycles. The summed E-state index contributed by atoms with van der Waals surface area (Å²) in [6.45, 7) is 1.87. The molecule has 2 aromatic rings. The quantitative estimate of drug-likeness (QED) is 0.924. The Morgan fingerprint density at radius 3 is 2.50 bits per heavy atom. The van der Waals surface area contributed by atoms with Gasteiger partial charge in [0, 0.05) is 12.5 Å². The maximum Gasteiger partial charge on any atom is 0.123 e. The Hall–Kier alpha value is -1.87. The Morgan fingerprint density at radius 2 is 1.75 bits per heavy atom. The summed E-state index contributed by atoms with van der Waals surface area (Å²) in [4.78, 5) is 0. The van der Waals surface area contributed by atoms with E-state index in [2.05, 4.69) is 29.6 Å². The van der Waals surface area contributed by atoms with E-state index in [0.717, 1.165) is 25.3 Å². The smallest absolute Gasteiger partial charge is 0.123 e. The largest absolute Gasteiger partial charge is 0.490 e. The van der Waals surface area contributed by atoms with E-state index < -0.39 is 0 Å². The third-order valence-electron chi connectivity index (χ3n) is 3.75. The zero-order chi connectivity index (χ0) is 13.8. The molecule has 2 nitrogen and oxygen atoms in total. The Labute approximate surface area is 118 Å². The zero-order valence-corrected chi connectivity index (χ0v) is 11.3. The molecule has 1 aliphatic rings. The first-order chi connectivity index (χ1) is 9.83. The molecule has 20 heavy (non-hydrogen) atoms. The minimum atomic E-state index is -0.234. The molecule has 0 spiro atoms. The van der Waals surface area contributed by atoms with Crippen molar-refractivity contribution < 1.29 is 9.13 Å². The second-order valence-corrected chi connectivity index (χ2v) is 5.12. The van der Waals surface area contributed by atoms with Crippen LogP contribution in [-0.4, -0.2) is 19.2 Å². The van der Waals surface area contributed by atoms with Crippen LogP contribution in [-0.2, 0) is 0 Å². The number of rotatable bonds is 3. The number of ether oxygens (including phenoxy) is 1. The van der Waals surface area contributed by atoms with Gasteiger partial charge < -0.3 is 10.1 Å². The van der Waals surface area contributed by atoms with Gasteiger partial charge in [-0.05, 0) is 42.8 Å². The van der Waals surface area contributed by atoms with Gasteiger partial charge >= 0.3 is 0 Å². The predicted molar refractivity (Wildman–Crippen MR) is 77.5 cm³/mol. The molecular weight excluding hydrogens is 253 g/mol. The first kappa shape index (κ1) is 13.1. The van der Waals surface area contributed by atoms with Gasteiger partial charge in [0.05, 0.1) is 0 Å². The third-order valence-corrected chi connectivity index (χ3v) is 3.75. The van der Waals surface area contributed by atoms with Crippen LogP contribution < -0.4 is 10.1 Å². The van der Waals surface area contributed by atoms with Crippen LogP contribution in [0.1, 0.15) is 17.9 Å². The fourth-order valence-electron chi connectivity index (χ4n) is 2.70. The van der Waals surface area contributed by atoms with Crippen LogP contribution in [0.4, 0.5) is 4.39 Å². The summed E-state index contributed by atoms with van der Waals surface area (Å²) < 4.78 is 19.0. The lowest BCUT2D eigenvalue weighted by atomic mass is 9.89. The molecule has 1 fully saturated rings. The molecule has 2 aromatic carbocycles. The number of nitrogens with one attached hydrogen (secondary N) is 1. The Bertz CT molecular complexity index is 541. The lowest BCUT2D eigenvalue weighted by Crippen LogP contribution is -2.41. The second-order valence-electron chi connectivity index (χ2n) is 5.12. The first-order valence-electron chi connectivity index (χ1n) is 7.01. The van der Waals surface area contributed by atoms with E-state index in [-0.39, 0.29) is 11.9 Å². The number of benzene rings is 2. The highest BCUT2D eigenvalue weighted by Gasteiger charge is 2.27. The lowest BCUT2D eigenvalue weighted by Gasteiger charge is -2.32. The van der Waals surface area contributed by atoms with Crippen LogP contribution in [0.5, 0.6) is 5.75 Å². The maximum atomic E-state index is 12.9. The number of piperidine rings is 1. The molecule has 0 amide bonds. The van der Waals surface area contributed by atoms with Gasteiger partial charge in [-0.2, -0.15) is 0 Å². The standard InChI is InChI=1S/C17H18FNO/c18-14-6-8-15(9-7-14)20-17-10-11-19-12-16(17)13-4-2-1-3-5-13/h1-9,16-17,19H,10-12H2. The van der Waals surface area contributed by atoms with Crippen molar-refractivity contribution in [3.05, 3.63) is 66.0 Å². The van der Waals surface area contributed by atoms with Crippen molar-refractivity contribution in [1.82, 2.24) is 5.32 Å². The summed E-state index contributed by atoms with van der Waals surface area (Å²) in [5.74, 6) is 0.830. The average Bonchev–Trinajstić information content (AvgIpc) is 2.51. The van der Waals surface area contributed by atoms with E-state index in [9.17, 15) is 4.39 Å². The Kier molecular flexibility index (Phi) is 3.97. The van der Waals surface area contributed by atoms with E-state index in [1.54, 1.807) is 12.1 Å². The van der Waals surface area contributed by atoms with Gasteiger partial charge in [0.15, 0.2) is 0 Å². The molecule has 3 heteroatoms. The molecular formula is C17H18FNO. The molecule has 0 aliphatic carbocycles. The van der Waals surface area contributed by atoms with Gasteiger partial charge in [-0.25, -0.2) is 4.39 Å². The summed E-state index contributed by atoms with van der Waals surface area (Å²) in [5, 5.41) is 3.42. The summed E-state index contributed by atoms with van der Waals surface area (Å²) in [7, 11) is 0. The van der Waals surface area contributed by atoms with E-state index in [1.165, 1.54) is 17.7 Å². The van der Waals surface area contributed by atoms with E-state index >= 15 is 0 Å². The number of hydrogen-bond acceptors (Lipinski definition) is 2. The summed E-state index contributed by atoms with van der Waals surface area (Å²) in [6, 6.07) is 16.7. The third kappa shape index (κ3) is 2.99. The number of hydrogen-bond donors (Lipinski definition) is 1. The van der Waals surface area contributed by atoms with Crippen molar-refractivity contribution >= 4 is 0 Å². The summed E-state index contributed by atoms with van der Waals surface area (Å²) in [5.41, 5.74) is 1.28. The molecule has 2 atom stereocenters. The molecule has 2 unspecified atom stereocenters. The van der Waals surface area contributed by atoms with Gasteiger partial charge in [0.2, 0.25) is 0 Å². The Morgan fingerprint density at radius 1 is 1.00 bits per heavy atom. The molecule has 3 rings (SSSR count). The highest BCUT2D eigenvalue weighted by atomic mass is 19.1. The van der Waals surface area contributed by atoms with Crippen LogP contribution in [0.25, 0.3) is 0 Å². The molecule has 1 heterocycles. The average molecular weight is 271 g/mol. The van der Waals surface area contributed by atoms with Crippen molar-refractivity contribution in [3.8, 4) is 5.75 Å². The van der Waals surface area contributed by atoms with Gasteiger partial charge in [-0.15, -0.1) is 0 Å². The fourth-order valence-corrected chi connectivity index (χ4v) is 2.70. The minimum Gasteiger partial charge on any atom is -0.490 e. The first-order valence-corrected chi connectivity index (χ1v) is 7.01. The van der Waals surface area contributed by atoms with Crippen molar-refractivity contribution in [2.45, 2.75) is 18.4 Å². The normalized spacial score (nSPS) is 22.4. The van der Waals surface area contributed by atoms with E-state index in [4.69, 9.17) is 4.74 Å². The van der Waals surface area contributed by atoms with Crippen molar-refractivity contribution in [2.75, 3.05) is 13.1 Å². The summed E-state index contributed by atoms with van der Waals surface area (Å²) >= 11 is 0. The molecule has 0 bridgehead atoms. The van der Waals surface area contributed by atoms with Crippen LogP contribution in [0.2, 0.25) is 0 Å². The van der Waals surface area contributed by atoms with E-state index in [0.29, 0.717) is 5.92 Å². The van der Waals surface area contributed by atoms with Crippen molar-refractivity contribution in [1.29, 1.82) is 0 Å². The van der Waals surface area contributed by atoms with Gasteiger partial charge in [0.1, 0.15) is 17.7 Å². The lowest BCUT2D eigenvalue weighted by molar-refractivity contribution is 0.138. The van der Waals surface area contributed by atoms with Crippen LogP contribution in [0.15, 0.2) is 54.6 Å². The maximum absolute atomic E-state index is 12.9. The van der Waals surface area contributed by atoms with Gasteiger partial charge in [-0.1, -0.05) is 30.3 Å². The highest BCUT2D eigenvalue weighted by molar-refractivity contribution is 5.25. The molecule has 104 valence electrons. The molecule has 1 N–H and O–H groups in total. The van der Waals surface area contributed by atoms with Crippen molar-refractivity contribution in [3.63, 3.8) is 0 Å². The van der Waals surface area contributed by atoms with Crippen molar-refractivity contribution in [2.24, 2.45) is 0 Å². The van der Waals surface area contributed by atoms with Crippen LogP contribution in [0.3, 0.4) is 0 Å². The van der Waals surface area contributed by atoms with E-state index in [1.807, 2.05) is 6.07 Å². The highest BCUT2D eigenvalue weighted by Crippen LogP contribution is 2.27. The SMILES string of the molecule is Fc1ccc(OC2CCNCC2c2ccccc2)cc1. The molecule has 0 aromatic heterocycles. The predicted octanol–water partition coefficient (Wildman–Crippen LogP) is 3.35. The van der Waals surface area contributed by atoms with Crippen LogP contribution >= 0.6 is 0 Å².